The molecule has 19 heavy (non-hydrogen) atoms. The molecule has 3 nitrogen and oxygen atoms in total. The number of benzene rings is 1. The van der Waals surface area contributed by atoms with Crippen LogP contribution in [0.2, 0.25) is 0 Å². The summed E-state index contributed by atoms with van der Waals surface area (Å²) in [6.07, 6.45) is 1.84. The number of hydrogen-bond acceptors (Lipinski definition) is 4. The first-order chi connectivity index (χ1) is 9.22. The molecule has 0 atom stereocenters. The van der Waals surface area contributed by atoms with Crippen molar-refractivity contribution in [1.82, 2.24) is 4.98 Å². The molecule has 0 bridgehead atoms. The molecular weight excluding hydrogens is 256 g/mol. The zero-order valence-corrected chi connectivity index (χ0v) is 11.7. The van der Waals surface area contributed by atoms with Crippen LogP contribution in [0.15, 0.2) is 29.6 Å². The Morgan fingerprint density at radius 3 is 2.68 bits per heavy atom. The molecule has 0 fully saturated rings. The Bertz CT molecular complexity index is 620. The van der Waals surface area contributed by atoms with Crippen LogP contribution in [0.3, 0.4) is 0 Å². The Hall–Kier alpha value is -2.12. The zero-order valence-electron chi connectivity index (χ0n) is 10.9. The molecule has 0 aliphatic rings. The van der Waals surface area contributed by atoms with Crippen LogP contribution in [0.1, 0.15) is 23.2 Å². The fourth-order valence-corrected chi connectivity index (χ4v) is 2.38. The Morgan fingerprint density at radius 2 is 2.16 bits per heavy atom. The summed E-state index contributed by atoms with van der Waals surface area (Å²) in [5.74, 6) is 0.836. The number of nitrogens with zero attached hydrogens (tertiary/aromatic N) is 2. The molecule has 0 aliphatic carbocycles. The summed E-state index contributed by atoms with van der Waals surface area (Å²) in [6.45, 7) is 4.52. The summed E-state index contributed by atoms with van der Waals surface area (Å²) < 4.78 is 5.38. The standard InChI is InChI=1S/C15H14N2OS/c1-3-18-14-6-4-12(5-7-14)8-13(9-16)15-17-11(2)10-19-15/h4-8,10H,3H2,1-2H3/b13-8-. The Kier molecular flexibility index (Phi) is 4.32. The minimum absolute atomic E-state index is 0.585. The van der Waals surface area contributed by atoms with Gasteiger partial charge in [0, 0.05) is 11.1 Å². The van der Waals surface area contributed by atoms with Gasteiger partial charge in [-0.05, 0) is 37.6 Å². The third-order valence-electron chi connectivity index (χ3n) is 2.47. The second-order valence-corrected chi connectivity index (χ2v) is 4.82. The molecule has 0 radical (unpaired) electrons. The van der Waals surface area contributed by atoms with Crippen molar-refractivity contribution in [2.45, 2.75) is 13.8 Å². The second kappa shape index (κ2) is 6.17. The number of nitriles is 1. The lowest BCUT2D eigenvalue weighted by atomic mass is 10.1. The predicted molar refractivity (Wildman–Crippen MR) is 77.9 cm³/mol. The fourth-order valence-electron chi connectivity index (χ4n) is 1.61. The van der Waals surface area contributed by atoms with Gasteiger partial charge in [0.05, 0.1) is 12.2 Å². The number of thiazole rings is 1. The molecule has 2 rings (SSSR count). The molecule has 0 saturated heterocycles. The molecule has 0 aliphatic heterocycles. The first-order valence-corrected chi connectivity index (χ1v) is 6.88. The predicted octanol–water partition coefficient (Wildman–Crippen LogP) is 3.91. The van der Waals surface area contributed by atoms with E-state index in [1.165, 1.54) is 11.3 Å². The highest BCUT2D eigenvalue weighted by Crippen LogP contribution is 2.22. The number of hydrogen-bond donors (Lipinski definition) is 0. The van der Waals surface area contributed by atoms with Gasteiger partial charge in [-0.1, -0.05) is 12.1 Å². The molecule has 0 unspecified atom stereocenters. The molecule has 0 amide bonds. The summed E-state index contributed by atoms with van der Waals surface area (Å²) in [5.41, 5.74) is 2.49. The highest BCUT2D eigenvalue weighted by molar-refractivity contribution is 7.11. The van der Waals surface area contributed by atoms with Crippen LogP contribution in [0.4, 0.5) is 0 Å². The van der Waals surface area contributed by atoms with E-state index >= 15 is 0 Å². The quantitative estimate of drug-likeness (QED) is 0.791. The monoisotopic (exact) mass is 270 g/mol. The van der Waals surface area contributed by atoms with Gasteiger partial charge in [-0.25, -0.2) is 4.98 Å². The van der Waals surface area contributed by atoms with Crippen LogP contribution in [0.25, 0.3) is 11.6 Å². The summed E-state index contributed by atoms with van der Waals surface area (Å²) >= 11 is 1.49. The largest absolute Gasteiger partial charge is 0.494 e. The summed E-state index contributed by atoms with van der Waals surface area (Å²) in [7, 11) is 0. The number of ether oxygens (including phenoxy) is 1. The topological polar surface area (TPSA) is 45.9 Å². The molecule has 1 heterocycles. The molecule has 0 spiro atoms. The van der Waals surface area contributed by atoms with Crippen LogP contribution in [0.5, 0.6) is 5.75 Å². The van der Waals surface area contributed by atoms with E-state index in [9.17, 15) is 5.26 Å². The van der Waals surface area contributed by atoms with Crippen molar-refractivity contribution in [3.8, 4) is 11.8 Å². The average molecular weight is 270 g/mol. The van der Waals surface area contributed by atoms with E-state index in [0.29, 0.717) is 12.2 Å². The van der Waals surface area contributed by atoms with Crippen molar-refractivity contribution >= 4 is 23.0 Å². The SMILES string of the molecule is CCOc1ccc(/C=C(/C#N)c2nc(C)cs2)cc1. The minimum atomic E-state index is 0.585. The molecule has 0 saturated carbocycles. The molecule has 2 aromatic rings. The third-order valence-corrected chi connectivity index (χ3v) is 3.47. The summed E-state index contributed by atoms with van der Waals surface area (Å²) in [5, 5.41) is 11.9. The Balaban J connectivity index is 2.25. The highest BCUT2D eigenvalue weighted by atomic mass is 32.1. The highest BCUT2D eigenvalue weighted by Gasteiger charge is 2.05. The van der Waals surface area contributed by atoms with Gasteiger partial charge < -0.3 is 4.74 Å². The average Bonchev–Trinajstić information content (AvgIpc) is 2.85. The smallest absolute Gasteiger partial charge is 0.134 e. The molecule has 4 heteroatoms. The number of rotatable bonds is 4. The number of aryl methyl sites for hydroxylation is 1. The van der Waals surface area contributed by atoms with E-state index in [1.807, 2.05) is 49.6 Å². The van der Waals surface area contributed by atoms with Gasteiger partial charge in [0.25, 0.3) is 0 Å². The van der Waals surface area contributed by atoms with Gasteiger partial charge >= 0.3 is 0 Å². The van der Waals surface area contributed by atoms with Crippen LogP contribution < -0.4 is 4.74 Å². The van der Waals surface area contributed by atoms with Gasteiger partial charge in [-0.2, -0.15) is 5.26 Å². The van der Waals surface area contributed by atoms with Crippen LogP contribution in [0, 0.1) is 18.3 Å². The van der Waals surface area contributed by atoms with Crippen LogP contribution in [-0.4, -0.2) is 11.6 Å². The lowest BCUT2D eigenvalue weighted by Gasteiger charge is -2.02. The van der Waals surface area contributed by atoms with Crippen LogP contribution >= 0.6 is 11.3 Å². The zero-order chi connectivity index (χ0) is 13.7. The van der Waals surface area contributed by atoms with E-state index in [1.54, 1.807) is 0 Å². The first-order valence-electron chi connectivity index (χ1n) is 6.00. The fraction of sp³-hybridized carbons (Fsp3) is 0.200. The van der Waals surface area contributed by atoms with Crippen molar-refractivity contribution in [1.29, 1.82) is 5.26 Å². The van der Waals surface area contributed by atoms with Gasteiger partial charge in [-0.3, -0.25) is 0 Å². The van der Waals surface area contributed by atoms with E-state index in [2.05, 4.69) is 11.1 Å². The third kappa shape index (κ3) is 3.43. The van der Waals surface area contributed by atoms with E-state index in [4.69, 9.17) is 4.74 Å². The lowest BCUT2D eigenvalue weighted by molar-refractivity contribution is 0.340. The van der Waals surface area contributed by atoms with Gasteiger partial charge in [0.15, 0.2) is 0 Å². The molecule has 0 N–H and O–H groups in total. The maximum absolute atomic E-state index is 9.21. The lowest BCUT2D eigenvalue weighted by Crippen LogP contribution is -1.90. The second-order valence-electron chi connectivity index (χ2n) is 3.97. The molecule has 1 aromatic carbocycles. The van der Waals surface area contributed by atoms with Gasteiger partial charge in [0.1, 0.15) is 16.8 Å². The normalized spacial score (nSPS) is 11.1. The van der Waals surface area contributed by atoms with Crippen molar-refractivity contribution in [3.63, 3.8) is 0 Å². The summed E-state index contributed by atoms with van der Waals surface area (Å²) in [4.78, 5) is 4.33. The van der Waals surface area contributed by atoms with E-state index in [0.717, 1.165) is 22.0 Å². The summed E-state index contributed by atoms with van der Waals surface area (Å²) in [6, 6.07) is 9.86. The Labute approximate surface area is 116 Å². The first kappa shape index (κ1) is 13.3. The van der Waals surface area contributed by atoms with Crippen molar-refractivity contribution in [3.05, 3.63) is 45.9 Å². The maximum atomic E-state index is 9.21. The molecule has 96 valence electrons. The maximum Gasteiger partial charge on any atom is 0.134 e. The van der Waals surface area contributed by atoms with Gasteiger partial charge in [-0.15, -0.1) is 11.3 Å². The van der Waals surface area contributed by atoms with Crippen molar-refractivity contribution in [2.75, 3.05) is 6.61 Å². The van der Waals surface area contributed by atoms with Crippen molar-refractivity contribution < 1.29 is 4.74 Å². The molecule has 1 aromatic heterocycles. The van der Waals surface area contributed by atoms with Gasteiger partial charge in [0.2, 0.25) is 0 Å². The van der Waals surface area contributed by atoms with E-state index in [-0.39, 0.29) is 0 Å². The minimum Gasteiger partial charge on any atom is -0.494 e. The van der Waals surface area contributed by atoms with Crippen LogP contribution in [-0.2, 0) is 0 Å². The number of allylic oxidation sites excluding steroid dienone is 1. The van der Waals surface area contributed by atoms with Crippen molar-refractivity contribution in [2.24, 2.45) is 0 Å². The molecular formula is C15H14N2OS. The van der Waals surface area contributed by atoms with E-state index < -0.39 is 0 Å². The number of aromatic nitrogens is 1. The Morgan fingerprint density at radius 1 is 1.42 bits per heavy atom.